The van der Waals surface area contributed by atoms with Gasteiger partial charge in [-0.05, 0) is 12.8 Å². The third-order valence-electron chi connectivity index (χ3n) is 2.24. The van der Waals surface area contributed by atoms with Gasteiger partial charge in [0.05, 0.1) is 13.2 Å². The van der Waals surface area contributed by atoms with E-state index in [1.165, 1.54) is 14.0 Å². The third kappa shape index (κ3) is 4.16. The summed E-state index contributed by atoms with van der Waals surface area (Å²) in [6.07, 6.45) is -0.967. The maximum Gasteiger partial charge on any atom is 0.328 e. The summed E-state index contributed by atoms with van der Waals surface area (Å²) in [6, 6.07) is -1.80. The maximum atomic E-state index is 11.5. The Labute approximate surface area is 95.1 Å². The Morgan fingerprint density at radius 3 is 2.12 bits per heavy atom. The first-order chi connectivity index (χ1) is 7.31. The van der Waals surface area contributed by atoms with Crippen LogP contribution in [0.2, 0.25) is 0 Å². The lowest BCUT2D eigenvalue weighted by molar-refractivity contribution is -0.146. The summed E-state index contributed by atoms with van der Waals surface area (Å²) in [5.74, 6) is -1.21. The number of aliphatic hydroxyl groups excluding tert-OH is 1. The van der Waals surface area contributed by atoms with Crippen molar-refractivity contribution >= 4 is 11.9 Å². The maximum absolute atomic E-state index is 11.5. The highest BCUT2D eigenvalue weighted by molar-refractivity contribution is 5.87. The summed E-state index contributed by atoms with van der Waals surface area (Å²) in [5, 5.41) is 11.6. The molecule has 0 unspecified atom stereocenters. The number of esters is 1. The Bertz CT molecular complexity index is 253. The number of carbonyl (C=O) groups excluding carboxylic acids is 2. The van der Waals surface area contributed by atoms with E-state index in [1.807, 2.05) is 0 Å². The van der Waals surface area contributed by atoms with Crippen LogP contribution in [0.5, 0.6) is 0 Å². The van der Waals surface area contributed by atoms with Crippen LogP contribution in [0.15, 0.2) is 0 Å². The summed E-state index contributed by atoms with van der Waals surface area (Å²) in [4.78, 5) is 22.9. The molecule has 94 valence electrons. The van der Waals surface area contributed by atoms with Gasteiger partial charge in [-0.15, -0.1) is 0 Å². The van der Waals surface area contributed by atoms with Crippen molar-refractivity contribution in [2.75, 3.05) is 7.11 Å². The van der Waals surface area contributed by atoms with Crippen LogP contribution in [0.1, 0.15) is 20.8 Å². The second-order valence-electron chi connectivity index (χ2n) is 4.02. The number of amides is 1. The van der Waals surface area contributed by atoms with E-state index in [9.17, 15) is 9.59 Å². The number of hydrogen-bond acceptors (Lipinski definition) is 5. The van der Waals surface area contributed by atoms with E-state index < -0.39 is 30.1 Å². The molecule has 0 aromatic carbocycles. The van der Waals surface area contributed by atoms with E-state index >= 15 is 0 Å². The second kappa shape index (κ2) is 6.44. The molecule has 6 nitrogen and oxygen atoms in total. The van der Waals surface area contributed by atoms with Crippen molar-refractivity contribution in [2.45, 2.75) is 39.0 Å². The molecule has 16 heavy (non-hydrogen) atoms. The smallest absolute Gasteiger partial charge is 0.328 e. The molecule has 0 saturated carbocycles. The van der Waals surface area contributed by atoms with Crippen molar-refractivity contribution in [1.29, 1.82) is 0 Å². The molecular weight excluding hydrogens is 212 g/mol. The number of ether oxygens (including phenoxy) is 1. The van der Waals surface area contributed by atoms with Crippen LogP contribution in [-0.2, 0) is 14.3 Å². The minimum Gasteiger partial charge on any atom is -0.467 e. The minimum absolute atomic E-state index is 0.113. The average Bonchev–Trinajstić information content (AvgIpc) is 2.22. The summed E-state index contributed by atoms with van der Waals surface area (Å²) in [6.45, 7) is 4.96. The van der Waals surface area contributed by atoms with Gasteiger partial charge in [0.1, 0.15) is 12.1 Å². The van der Waals surface area contributed by atoms with E-state index in [0.717, 1.165) is 0 Å². The van der Waals surface area contributed by atoms with Crippen LogP contribution in [-0.4, -0.2) is 42.3 Å². The lowest BCUT2D eigenvalue weighted by Gasteiger charge is -2.22. The van der Waals surface area contributed by atoms with Gasteiger partial charge >= 0.3 is 5.97 Å². The number of hydrogen-bond donors (Lipinski definition) is 3. The monoisotopic (exact) mass is 232 g/mol. The Morgan fingerprint density at radius 1 is 1.31 bits per heavy atom. The minimum atomic E-state index is -1.05. The van der Waals surface area contributed by atoms with Crippen molar-refractivity contribution in [3.8, 4) is 0 Å². The van der Waals surface area contributed by atoms with Crippen LogP contribution >= 0.6 is 0 Å². The molecule has 0 aliphatic heterocycles. The van der Waals surface area contributed by atoms with Gasteiger partial charge in [-0.2, -0.15) is 0 Å². The van der Waals surface area contributed by atoms with Gasteiger partial charge in [0, 0.05) is 0 Å². The number of rotatable bonds is 5. The molecule has 0 aromatic heterocycles. The topological polar surface area (TPSA) is 102 Å². The summed E-state index contributed by atoms with van der Waals surface area (Å²) in [7, 11) is 1.25. The molecule has 6 heteroatoms. The predicted molar refractivity (Wildman–Crippen MR) is 58.4 cm³/mol. The zero-order valence-corrected chi connectivity index (χ0v) is 10.1. The number of methoxy groups -OCH3 is 1. The SMILES string of the molecule is COC(=O)[C@@H](NC(=O)[C@@H](N)[C@H](C)O)C(C)C. The van der Waals surface area contributed by atoms with E-state index in [2.05, 4.69) is 10.1 Å². The lowest BCUT2D eigenvalue weighted by atomic mass is 10.0. The highest BCUT2D eigenvalue weighted by Crippen LogP contribution is 2.04. The van der Waals surface area contributed by atoms with Crippen molar-refractivity contribution in [2.24, 2.45) is 11.7 Å². The van der Waals surface area contributed by atoms with Crippen molar-refractivity contribution < 1.29 is 19.4 Å². The molecular formula is C10H20N2O4. The molecule has 0 aliphatic rings. The largest absolute Gasteiger partial charge is 0.467 e. The van der Waals surface area contributed by atoms with Gasteiger partial charge in [-0.25, -0.2) is 4.79 Å². The van der Waals surface area contributed by atoms with E-state index in [-0.39, 0.29) is 5.92 Å². The van der Waals surface area contributed by atoms with Gasteiger partial charge in [0.2, 0.25) is 5.91 Å². The molecule has 0 aliphatic carbocycles. The fourth-order valence-corrected chi connectivity index (χ4v) is 1.09. The van der Waals surface area contributed by atoms with Gasteiger partial charge in [0.25, 0.3) is 0 Å². The van der Waals surface area contributed by atoms with Gasteiger partial charge in [-0.3, -0.25) is 4.79 Å². The first kappa shape index (κ1) is 14.9. The van der Waals surface area contributed by atoms with Crippen LogP contribution in [0, 0.1) is 5.92 Å². The zero-order chi connectivity index (χ0) is 12.9. The van der Waals surface area contributed by atoms with Crippen LogP contribution in [0.4, 0.5) is 0 Å². The second-order valence-corrected chi connectivity index (χ2v) is 4.02. The molecule has 0 spiro atoms. The summed E-state index contributed by atoms with van der Waals surface area (Å²) < 4.78 is 4.56. The van der Waals surface area contributed by atoms with Gasteiger partial charge < -0.3 is 20.9 Å². The highest BCUT2D eigenvalue weighted by Gasteiger charge is 2.28. The number of carbonyl (C=O) groups is 2. The Hall–Kier alpha value is -1.14. The molecule has 0 saturated heterocycles. The molecule has 0 radical (unpaired) electrons. The van der Waals surface area contributed by atoms with Crippen molar-refractivity contribution in [3.63, 3.8) is 0 Å². The van der Waals surface area contributed by atoms with Gasteiger partial charge in [-0.1, -0.05) is 13.8 Å². The fraction of sp³-hybridized carbons (Fsp3) is 0.800. The molecule has 0 fully saturated rings. The summed E-state index contributed by atoms with van der Waals surface area (Å²) in [5.41, 5.74) is 5.44. The number of nitrogens with one attached hydrogen (secondary N) is 1. The third-order valence-corrected chi connectivity index (χ3v) is 2.24. The molecule has 0 rings (SSSR count). The van der Waals surface area contributed by atoms with Gasteiger partial charge in [0.15, 0.2) is 0 Å². The number of aliphatic hydroxyl groups is 1. The lowest BCUT2D eigenvalue weighted by Crippen LogP contribution is -2.54. The molecule has 4 N–H and O–H groups in total. The van der Waals surface area contributed by atoms with E-state index in [1.54, 1.807) is 13.8 Å². The Balaban J connectivity index is 4.53. The Kier molecular flexibility index (Phi) is 5.98. The molecule has 3 atom stereocenters. The molecule has 0 bridgehead atoms. The van der Waals surface area contributed by atoms with Crippen LogP contribution < -0.4 is 11.1 Å². The summed E-state index contributed by atoms with van der Waals surface area (Å²) >= 11 is 0. The van der Waals surface area contributed by atoms with Crippen molar-refractivity contribution in [1.82, 2.24) is 5.32 Å². The van der Waals surface area contributed by atoms with Crippen LogP contribution in [0.3, 0.4) is 0 Å². The first-order valence-electron chi connectivity index (χ1n) is 5.13. The van der Waals surface area contributed by atoms with E-state index in [0.29, 0.717) is 0 Å². The average molecular weight is 232 g/mol. The molecule has 1 amide bonds. The number of nitrogens with two attached hydrogens (primary N) is 1. The standard InChI is InChI=1S/C10H20N2O4/c1-5(2)8(10(15)16-4)12-9(14)7(11)6(3)13/h5-8,13H,11H2,1-4H3,(H,12,14)/t6-,7-,8-/m0/s1. The quantitative estimate of drug-likeness (QED) is 0.528. The predicted octanol–water partition coefficient (Wildman–Crippen LogP) is -0.992. The molecule has 0 heterocycles. The fourth-order valence-electron chi connectivity index (χ4n) is 1.09. The Morgan fingerprint density at radius 2 is 1.81 bits per heavy atom. The molecule has 0 aromatic rings. The van der Waals surface area contributed by atoms with Crippen LogP contribution in [0.25, 0.3) is 0 Å². The van der Waals surface area contributed by atoms with Crippen molar-refractivity contribution in [3.05, 3.63) is 0 Å². The zero-order valence-electron chi connectivity index (χ0n) is 10.1. The first-order valence-corrected chi connectivity index (χ1v) is 5.13. The highest BCUT2D eigenvalue weighted by atomic mass is 16.5. The normalized spacial score (nSPS) is 16.4. The van der Waals surface area contributed by atoms with E-state index in [4.69, 9.17) is 10.8 Å².